The molecule has 0 unspecified atom stereocenters. The van der Waals surface area contributed by atoms with Crippen LogP contribution in [0.15, 0.2) is 11.8 Å². The summed E-state index contributed by atoms with van der Waals surface area (Å²) in [5.41, 5.74) is 0.699. The molecule has 0 aliphatic rings. The second kappa shape index (κ2) is 3.09. The zero-order chi connectivity index (χ0) is 6.57. The van der Waals surface area contributed by atoms with E-state index in [9.17, 15) is 0 Å². The molecule has 0 spiro atoms. The van der Waals surface area contributed by atoms with Gasteiger partial charge < -0.3 is 4.90 Å². The number of allylic oxidation sites excluding steroid dienone is 2. The summed E-state index contributed by atoms with van der Waals surface area (Å²) in [5, 5.41) is 8.34. The molecule has 0 aromatic heterocycles. The first-order valence-corrected chi connectivity index (χ1v) is 2.46. The first-order chi connectivity index (χ1) is 3.72. The molecule has 2 nitrogen and oxygen atoms in total. The molecule has 0 fully saturated rings. The van der Waals surface area contributed by atoms with Gasteiger partial charge in [-0.05, 0) is 6.92 Å². The molecule has 0 aromatic rings. The van der Waals surface area contributed by atoms with Crippen molar-refractivity contribution < 1.29 is 0 Å². The molecule has 0 amide bonds. The lowest BCUT2D eigenvalue weighted by atomic mass is 10.4. The van der Waals surface area contributed by atoms with E-state index in [2.05, 4.69) is 0 Å². The SMILES string of the molecule is C/C=C(\C#N)N(C)C. The molecule has 44 valence electrons. The second-order valence-electron chi connectivity index (χ2n) is 1.68. The molecule has 0 aliphatic heterocycles. The van der Waals surface area contributed by atoms with Crippen LogP contribution in [0.25, 0.3) is 0 Å². The van der Waals surface area contributed by atoms with Crippen molar-refractivity contribution in [2.75, 3.05) is 14.1 Å². The van der Waals surface area contributed by atoms with E-state index in [1.54, 1.807) is 11.0 Å². The van der Waals surface area contributed by atoms with Crippen LogP contribution in [0.1, 0.15) is 6.92 Å². The zero-order valence-electron chi connectivity index (χ0n) is 5.47. The maximum absolute atomic E-state index is 8.34. The predicted molar refractivity (Wildman–Crippen MR) is 33.1 cm³/mol. The van der Waals surface area contributed by atoms with Gasteiger partial charge in [-0.3, -0.25) is 0 Å². The van der Waals surface area contributed by atoms with Crippen molar-refractivity contribution in [3.8, 4) is 6.07 Å². The Balaban J connectivity index is 3.98. The standard InChI is InChI=1S/C6H10N2/c1-4-6(5-7)8(2)3/h4H,1-3H3/b6-4+. The van der Waals surface area contributed by atoms with Gasteiger partial charge in [0.05, 0.1) is 0 Å². The van der Waals surface area contributed by atoms with Gasteiger partial charge in [0.25, 0.3) is 0 Å². The van der Waals surface area contributed by atoms with Crippen LogP contribution in [0.4, 0.5) is 0 Å². The molecule has 0 aromatic carbocycles. The largest absolute Gasteiger partial charge is 0.369 e. The lowest BCUT2D eigenvalue weighted by Crippen LogP contribution is -2.08. The van der Waals surface area contributed by atoms with E-state index in [1.165, 1.54) is 0 Å². The molecule has 2 heteroatoms. The molecule has 0 bridgehead atoms. The molecule has 0 aliphatic carbocycles. The van der Waals surface area contributed by atoms with E-state index in [4.69, 9.17) is 5.26 Å². The van der Waals surface area contributed by atoms with Crippen LogP contribution in [-0.4, -0.2) is 19.0 Å². The van der Waals surface area contributed by atoms with Crippen LogP contribution in [0.5, 0.6) is 0 Å². The second-order valence-corrected chi connectivity index (χ2v) is 1.68. The van der Waals surface area contributed by atoms with Crippen LogP contribution in [-0.2, 0) is 0 Å². The fourth-order valence-corrected chi connectivity index (χ4v) is 0.423. The number of rotatable bonds is 1. The average molecular weight is 110 g/mol. The molecule has 0 radical (unpaired) electrons. The monoisotopic (exact) mass is 110 g/mol. The third-order valence-electron chi connectivity index (χ3n) is 0.870. The first kappa shape index (κ1) is 7.03. The fourth-order valence-electron chi connectivity index (χ4n) is 0.423. The quantitative estimate of drug-likeness (QED) is 0.470. The summed E-state index contributed by atoms with van der Waals surface area (Å²) in [4.78, 5) is 1.78. The van der Waals surface area contributed by atoms with Gasteiger partial charge in [-0.1, -0.05) is 6.08 Å². The minimum absolute atomic E-state index is 0.699. The Morgan fingerprint density at radius 2 is 2.12 bits per heavy atom. The third kappa shape index (κ3) is 1.65. The highest BCUT2D eigenvalue weighted by Gasteiger charge is 1.90. The maximum atomic E-state index is 8.34. The van der Waals surface area contributed by atoms with Crippen LogP contribution in [0.2, 0.25) is 0 Å². The van der Waals surface area contributed by atoms with Crippen molar-refractivity contribution in [3.63, 3.8) is 0 Å². The summed E-state index contributed by atoms with van der Waals surface area (Å²) in [5.74, 6) is 0. The van der Waals surface area contributed by atoms with Gasteiger partial charge in [0.2, 0.25) is 0 Å². The van der Waals surface area contributed by atoms with Gasteiger partial charge in [0, 0.05) is 14.1 Å². The summed E-state index contributed by atoms with van der Waals surface area (Å²) >= 11 is 0. The maximum Gasteiger partial charge on any atom is 0.117 e. The summed E-state index contributed by atoms with van der Waals surface area (Å²) < 4.78 is 0. The molecular formula is C6H10N2. The number of nitriles is 1. The van der Waals surface area contributed by atoms with Gasteiger partial charge >= 0.3 is 0 Å². The van der Waals surface area contributed by atoms with Crippen molar-refractivity contribution >= 4 is 0 Å². The smallest absolute Gasteiger partial charge is 0.117 e. The summed E-state index contributed by atoms with van der Waals surface area (Å²) in [7, 11) is 3.69. The molecule has 0 N–H and O–H groups in total. The summed E-state index contributed by atoms with van der Waals surface area (Å²) in [6.07, 6.45) is 1.78. The molecular weight excluding hydrogens is 100 g/mol. The van der Waals surface area contributed by atoms with Crippen LogP contribution < -0.4 is 0 Å². The normalized spacial score (nSPS) is 10.5. The Kier molecular flexibility index (Phi) is 2.71. The average Bonchev–Trinajstić information content (AvgIpc) is 1.69. The van der Waals surface area contributed by atoms with E-state index in [0.717, 1.165) is 0 Å². The van der Waals surface area contributed by atoms with Gasteiger partial charge in [-0.25, -0.2) is 0 Å². The van der Waals surface area contributed by atoms with E-state index in [-0.39, 0.29) is 0 Å². The van der Waals surface area contributed by atoms with E-state index >= 15 is 0 Å². The highest BCUT2D eigenvalue weighted by Crippen LogP contribution is 1.92. The molecule has 0 rings (SSSR count). The minimum atomic E-state index is 0.699. The lowest BCUT2D eigenvalue weighted by Gasteiger charge is -2.07. The number of hydrogen-bond donors (Lipinski definition) is 0. The van der Waals surface area contributed by atoms with Gasteiger partial charge in [-0.15, -0.1) is 0 Å². The lowest BCUT2D eigenvalue weighted by molar-refractivity contribution is 0.532. The Hall–Kier alpha value is -0.970. The fraction of sp³-hybridized carbons (Fsp3) is 0.500. The summed E-state index contributed by atoms with van der Waals surface area (Å²) in [6, 6.07) is 2.04. The first-order valence-electron chi connectivity index (χ1n) is 2.46. The van der Waals surface area contributed by atoms with Gasteiger partial charge in [0.1, 0.15) is 11.8 Å². The molecule has 8 heavy (non-hydrogen) atoms. The van der Waals surface area contributed by atoms with Crippen LogP contribution >= 0.6 is 0 Å². The number of nitrogens with zero attached hydrogens (tertiary/aromatic N) is 2. The van der Waals surface area contributed by atoms with Crippen molar-refractivity contribution in [1.82, 2.24) is 4.90 Å². The van der Waals surface area contributed by atoms with Crippen molar-refractivity contribution in [1.29, 1.82) is 5.26 Å². The van der Waals surface area contributed by atoms with Gasteiger partial charge in [0.15, 0.2) is 0 Å². The predicted octanol–water partition coefficient (Wildman–Crippen LogP) is 0.975. The zero-order valence-corrected chi connectivity index (χ0v) is 5.47. The molecule has 0 heterocycles. The van der Waals surface area contributed by atoms with Crippen LogP contribution in [0.3, 0.4) is 0 Å². The Morgan fingerprint density at radius 1 is 1.62 bits per heavy atom. The van der Waals surface area contributed by atoms with E-state index in [0.29, 0.717) is 5.70 Å². The molecule has 0 atom stereocenters. The van der Waals surface area contributed by atoms with E-state index in [1.807, 2.05) is 27.1 Å². The Morgan fingerprint density at radius 3 is 2.12 bits per heavy atom. The highest BCUT2D eigenvalue weighted by atomic mass is 15.1. The minimum Gasteiger partial charge on any atom is -0.369 e. The Bertz CT molecular complexity index is 128. The number of hydrogen-bond acceptors (Lipinski definition) is 2. The van der Waals surface area contributed by atoms with Gasteiger partial charge in [-0.2, -0.15) is 5.26 Å². The van der Waals surface area contributed by atoms with Crippen LogP contribution in [0, 0.1) is 11.3 Å². The third-order valence-corrected chi connectivity index (χ3v) is 0.870. The van der Waals surface area contributed by atoms with Crippen molar-refractivity contribution in [3.05, 3.63) is 11.8 Å². The van der Waals surface area contributed by atoms with Crippen molar-refractivity contribution in [2.45, 2.75) is 6.92 Å². The Labute approximate surface area is 50.0 Å². The molecule has 0 saturated carbocycles. The highest BCUT2D eigenvalue weighted by molar-refractivity contribution is 5.16. The summed E-state index contributed by atoms with van der Waals surface area (Å²) in [6.45, 7) is 1.85. The van der Waals surface area contributed by atoms with Crippen molar-refractivity contribution in [2.24, 2.45) is 0 Å². The van der Waals surface area contributed by atoms with E-state index < -0.39 is 0 Å². The molecule has 0 saturated heterocycles. The topological polar surface area (TPSA) is 27.0 Å².